The molecule has 3 heteroatoms. The van der Waals surface area contributed by atoms with Gasteiger partial charge in [0.1, 0.15) is 6.29 Å². The number of carbonyl (C=O) groups excluding carboxylic acids is 1. The van der Waals surface area contributed by atoms with Gasteiger partial charge in [0.05, 0.1) is 6.67 Å². The molecule has 0 aromatic heterocycles. The molecule has 0 saturated heterocycles. The fourth-order valence-corrected chi connectivity index (χ4v) is 1.44. The van der Waals surface area contributed by atoms with E-state index in [2.05, 4.69) is 9.80 Å². The summed E-state index contributed by atoms with van der Waals surface area (Å²) in [5, 5.41) is 0. The maximum Gasteiger partial charge on any atom is 0.150 e. The Balaban J connectivity index is 2.17. The van der Waals surface area contributed by atoms with Crippen molar-refractivity contribution in [2.75, 3.05) is 18.6 Å². The first-order chi connectivity index (χ1) is 6.79. The van der Waals surface area contributed by atoms with Crippen LogP contribution in [0.3, 0.4) is 0 Å². The molecule has 0 saturated carbocycles. The minimum absolute atomic E-state index is 0.713. The van der Waals surface area contributed by atoms with Gasteiger partial charge in [-0.15, -0.1) is 0 Å². The molecule has 3 nitrogen and oxygen atoms in total. The van der Waals surface area contributed by atoms with Crippen molar-refractivity contribution in [3.63, 3.8) is 0 Å². The summed E-state index contributed by atoms with van der Waals surface area (Å²) in [5.41, 5.74) is 1.82. The number of nitrogens with zero attached hydrogens (tertiary/aromatic N) is 2. The van der Waals surface area contributed by atoms with E-state index in [-0.39, 0.29) is 0 Å². The topological polar surface area (TPSA) is 23.6 Å². The molecule has 2 rings (SSSR count). The van der Waals surface area contributed by atoms with Crippen molar-refractivity contribution in [2.45, 2.75) is 0 Å². The maximum absolute atomic E-state index is 10.5. The first-order valence-corrected chi connectivity index (χ1v) is 4.50. The molecule has 0 N–H and O–H groups in total. The molecule has 72 valence electrons. The number of carbonyl (C=O) groups is 1. The van der Waals surface area contributed by atoms with Crippen molar-refractivity contribution in [3.8, 4) is 0 Å². The standard InChI is InChI=1S/C11H12N2O/c1-12-6-7-13(9-12)11-4-2-10(8-14)3-5-11/h2-8H,9H2,1H3. The molecule has 14 heavy (non-hydrogen) atoms. The fourth-order valence-electron chi connectivity index (χ4n) is 1.44. The van der Waals surface area contributed by atoms with E-state index in [9.17, 15) is 4.79 Å². The SMILES string of the molecule is CN1C=CN(c2ccc(C=O)cc2)C1. The summed E-state index contributed by atoms with van der Waals surface area (Å²) in [7, 11) is 2.02. The molecule has 0 atom stereocenters. The summed E-state index contributed by atoms with van der Waals surface area (Å²) in [5.74, 6) is 0. The van der Waals surface area contributed by atoms with Gasteiger partial charge in [-0.2, -0.15) is 0 Å². The van der Waals surface area contributed by atoms with Crippen molar-refractivity contribution in [2.24, 2.45) is 0 Å². The highest BCUT2D eigenvalue weighted by molar-refractivity contribution is 5.75. The van der Waals surface area contributed by atoms with E-state index in [1.807, 2.05) is 43.7 Å². The van der Waals surface area contributed by atoms with Gasteiger partial charge in [-0.25, -0.2) is 0 Å². The van der Waals surface area contributed by atoms with Crippen LogP contribution >= 0.6 is 0 Å². The van der Waals surface area contributed by atoms with Gasteiger partial charge in [-0.1, -0.05) is 0 Å². The average Bonchev–Trinajstić information content (AvgIpc) is 2.65. The van der Waals surface area contributed by atoms with Crippen molar-refractivity contribution in [3.05, 3.63) is 42.2 Å². The lowest BCUT2D eigenvalue weighted by molar-refractivity contribution is 0.112. The molecule has 1 heterocycles. The van der Waals surface area contributed by atoms with Gasteiger partial charge in [0, 0.05) is 30.7 Å². The van der Waals surface area contributed by atoms with Gasteiger partial charge in [-0.3, -0.25) is 4.79 Å². The lowest BCUT2D eigenvalue weighted by atomic mass is 10.2. The Hall–Kier alpha value is -1.77. The first kappa shape index (κ1) is 8.81. The smallest absolute Gasteiger partial charge is 0.150 e. The zero-order valence-corrected chi connectivity index (χ0v) is 8.05. The summed E-state index contributed by atoms with van der Waals surface area (Å²) in [6, 6.07) is 7.56. The molecule has 1 aromatic rings. The van der Waals surface area contributed by atoms with Crippen LogP contribution in [0.4, 0.5) is 5.69 Å². The minimum Gasteiger partial charge on any atom is -0.361 e. The third-order valence-corrected chi connectivity index (χ3v) is 2.24. The van der Waals surface area contributed by atoms with Crippen molar-refractivity contribution in [1.82, 2.24) is 4.90 Å². The molecule has 0 amide bonds. The van der Waals surface area contributed by atoms with Gasteiger partial charge in [0.2, 0.25) is 0 Å². The van der Waals surface area contributed by atoms with Crippen molar-refractivity contribution in [1.29, 1.82) is 0 Å². The van der Waals surface area contributed by atoms with Crippen LogP contribution in [0.5, 0.6) is 0 Å². The highest BCUT2D eigenvalue weighted by Crippen LogP contribution is 2.18. The Morgan fingerprint density at radius 2 is 1.93 bits per heavy atom. The Bertz CT molecular complexity index is 356. The zero-order chi connectivity index (χ0) is 9.97. The second-order valence-electron chi connectivity index (χ2n) is 3.38. The average molecular weight is 188 g/mol. The predicted molar refractivity (Wildman–Crippen MR) is 56.1 cm³/mol. The highest BCUT2D eigenvalue weighted by Gasteiger charge is 2.09. The van der Waals surface area contributed by atoms with Crippen LogP contribution in [0.15, 0.2) is 36.7 Å². The lowest BCUT2D eigenvalue weighted by Crippen LogP contribution is -2.21. The van der Waals surface area contributed by atoms with Gasteiger partial charge in [0.15, 0.2) is 0 Å². The van der Waals surface area contributed by atoms with Crippen LogP contribution in [-0.2, 0) is 0 Å². The van der Waals surface area contributed by atoms with Gasteiger partial charge in [-0.05, 0) is 24.3 Å². The van der Waals surface area contributed by atoms with Crippen LogP contribution in [-0.4, -0.2) is 24.9 Å². The maximum atomic E-state index is 10.5. The van der Waals surface area contributed by atoms with Crippen molar-refractivity contribution < 1.29 is 4.79 Å². The normalized spacial score (nSPS) is 14.9. The van der Waals surface area contributed by atoms with E-state index < -0.39 is 0 Å². The Morgan fingerprint density at radius 1 is 1.21 bits per heavy atom. The zero-order valence-electron chi connectivity index (χ0n) is 8.05. The highest BCUT2D eigenvalue weighted by atomic mass is 16.1. The largest absolute Gasteiger partial charge is 0.361 e. The number of anilines is 1. The monoisotopic (exact) mass is 188 g/mol. The third-order valence-electron chi connectivity index (χ3n) is 2.24. The number of aldehydes is 1. The van der Waals surface area contributed by atoms with Gasteiger partial charge >= 0.3 is 0 Å². The Kier molecular flexibility index (Phi) is 2.23. The number of hydrogen-bond acceptors (Lipinski definition) is 3. The Morgan fingerprint density at radius 3 is 2.43 bits per heavy atom. The summed E-state index contributed by atoms with van der Waals surface area (Å²) in [4.78, 5) is 14.7. The predicted octanol–water partition coefficient (Wildman–Crippen LogP) is 1.68. The second-order valence-corrected chi connectivity index (χ2v) is 3.38. The van der Waals surface area contributed by atoms with Gasteiger partial charge in [0.25, 0.3) is 0 Å². The van der Waals surface area contributed by atoms with Crippen LogP contribution in [0.25, 0.3) is 0 Å². The third kappa shape index (κ3) is 1.62. The quantitative estimate of drug-likeness (QED) is 0.660. The molecule has 0 aliphatic carbocycles. The van der Waals surface area contributed by atoms with Gasteiger partial charge < -0.3 is 9.80 Å². The summed E-state index contributed by atoms with van der Waals surface area (Å²) < 4.78 is 0. The molecule has 1 aromatic carbocycles. The molecule has 1 aliphatic heterocycles. The number of benzene rings is 1. The molecule has 0 fully saturated rings. The molecular weight excluding hydrogens is 176 g/mol. The molecule has 0 spiro atoms. The molecule has 0 bridgehead atoms. The van der Waals surface area contributed by atoms with E-state index in [4.69, 9.17) is 0 Å². The Labute approximate surface area is 83.2 Å². The van der Waals surface area contributed by atoms with Crippen LogP contribution < -0.4 is 4.90 Å². The second kappa shape index (κ2) is 3.54. The van der Waals surface area contributed by atoms with Crippen LogP contribution in [0.1, 0.15) is 10.4 Å². The number of rotatable bonds is 2. The summed E-state index contributed by atoms with van der Waals surface area (Å²) in [6.45, 7) is 0.862. The molecule has 0 radical (unpaired) electrons. The molecule has 0 unspecified atom stereocenters. The molecular formula is C11H12N2O. The fraction of sp³-hybridized carbons (Fsp3) is 0.182. The van der Waals surface area contributed by atoms with E-state index >= 15 is 0 Å². The van der Waals surface area contributed by atoms with E-state index in [0.717, 1.165) is 18.6 Å². The van der Waals surface area contributed by atoms with E-state index in [0.29, 0.717) is 5.56 Å². The summed E-state index contributed by atoms with van der Waals surface area (Å²) in [6.07, 6.45) is 4.90. The molecule has 1 aliphatic rings. The first-order valence-electron chi connectivity index (χ1n) is 4.50. The van der Waals surface area contributed by atoms with Crippen molar-refractivity contribution >= 4 is 12.0 Å². The van der Waals surface area contributed by atoms with Crippen LogP contribution in [0, 0.1) is 0 Å². The lowest BCUT2D eigenvalue weighted by Gasteiger charge is -2.17. The minimum atomic E-state index is 0.713. The summed E-state index contributed by atoms with van der Waals surface area (Å²) >= 11 is 0. The van der Waals surface area contributed by atoms with Crippen LogP contribution in [0.2, 0.25) is 0 Å². The number of hydrogen-bond donors (Lipinski definition) is 0. The van der Waals surface area contributed by atoms with E-state index in [1.54, 1.807) is 0 Å². The van der Waals surface area contributed by atoms with E-state index in [1.165, 1.54) is 0 Å².